The van der Waals surface area contributed by atoms with Gasteiger partial charge in [-0.25, -0.2) is 8.42 Å². The molecule has 4 aromatic carbocycles. The normalized spacial score (nSPS) is 13.4. The van der Waals surface area contributed by atoms with Crippen LogP contribution in [0.15, 0.2) is 77.7 Å². The molecular weight excluding hydrogens is 476 g/mol. The first-order valence-electron chi connectivity index (χ1n) is 11.8. The standard InChI is InChI=1S/C27H32N4O4S/c1-18(30-16-20(32)17-35-26-13-6-9-19-8-4-5-10-21(19)26)31-36(33,34)27-23-11-7-12-24(28-2)22(23)14-15-25(27)29-3/h4-15,18,20,28-32H,16-17H2,1-3H3. The van der Waals surface area contributed by atoms with Gasteiger partial charge in [-0.15, -0.1) is 0 Å². The molecule has 0 aliphatic heterocycles. The van der Waals surface area contributed by atoms with Gasteiger partial charge in [0.05, 0.1) is 11.9 Å². The van der Waals surface area contributed by atoms with Gasteiger partial charge in [-0.05, 0) is 30.5 Å². The molecule has 0 bridgehead atoms. The number of hydrogen-bond acceptors (Lipinski definition) is 7. The van der Waals surface area contributed by atoms with Crippen molar-refractivity contribution in [3.05, 3.63) is 72.8 Å². The van der Waals surface area contributed by atoms with Crippen LogP contribution in [0.2, 0.25) is 0 Å². The Bertz CT molecular complexity index is 1450. The molecule has 0 saturated heterocycles. The van der Waals surface area contributed by atoms with E-state index in [1.54, 1.807) is 33.2 Å². The lowest BCUT2D eigenvalue weighted by Gasteiger charge is -2.21. The maximum absolute atomic E-state index is 13.4. The zero-order valence-electron chi connectivity index (χ0n) is 20.6. The summed E-state index contributed by atoms with van der Waals surface area (Å²) in [6, 6.07) is 22.8. The third-order valence-electron chi connectivity index (χ3n) is 5.99. The SMILES string of the molecule is CNc1ccc2c(NC)cccc2c1S(=O)(=O)NC(C)NCC(O)COc1cccc2ccccc12. The minimum absolute atomic E-state index is 0.0699. The van der Waals surface area contributed by atoms with Crippen LogP contribution in [-0.4, -0.2) is 53.0 Å². The maximum Gasteiger partial charge on any atom is 0.244 e. The fourth-order valence-corrected chi connectivity index (χ4v) is 5.84. The lowest BCUT2D eigenvalue weighted by molar-refractivity contribution is 0.104. The molecule has 0 aliphatic carbocycles. The molecule has 2 unspecified atom stereocenters. The van der Waals surface area contributed by atoms with Gasteiger partial charge in [-0.3, -0.25) is 5.32 Å². The number of rotatable bonds is 11. The highest BCUT2D eigenvalue weighted by Crippen LogP contribution is 2.34. The van der Waals surface area contributed by atoms with E-state index < -0.39 is 22.3 Å². The first-order valence-corrected chi connectivity index (χ1v) is 13.3. The summed E-state index contributed by atoms with van der Waals surface area (Å²) in [5, 5.41) is 23.0. The lowest BCUT2D eigenvalue weighted by atomic mass is 10.1. The average molecular weight is 509 g/mol. The Morgan fingerprint density at radius 3 is 2.31 bits per heavy atom. The second-order valence-electron chi connectivity index (χ2n) is 8.54. The fraction of sp³-hybridized carbons (Fsp3) is 0.259. The van der Waals surface area contributed by atoms with E-state index in [0.717, 1.165) is 21.8 Å². The highest BCUT2D eigenvalue weighted by molar-refractivity contribution is 7.90. The van der Waals surface area contributed by atoms with Crippen LogP contribution in [0.4, 0.5) is 11.4 Å². The van der Waals surface area contributed by atoms with E-state index in [1.807, 2.05) is 60.7 Å². The maximum atomic E-state index is 13.4. The van der Waals surface area contributed by atoms with Gasteiger partial charge in [-0.1, -0.05) is 54.6 Å². The molecule has 36 heavy (non-hydrogen) atoms. The number of fused-ring (bicyclic) bond motifs is 2. The van der Waals surface area contributed by atoms with E-state index in [2.05, 4.69) is 20.7 Å². The number of aliphatic hydroxyl groups is 1. The van der Waals surface area contributed by atoms with E-state index in [0.29, 0.717) is 16.8 Å². The lowest BCUT2D eigenvalue weighted by Crippen LogP contribution is -2.46. The van der Waals surface area contributed by atoms with Gasteiger partial charge < -0.3 is 20.5 Å². The predicted molar refractivity (Wildman–Crippen MR) is 146 cm³/mol. The predicted octanol–water partition coefficient (Wildman–Crippen LogP) is 3.73. The molecule has 5 N–H and O–H groups in total. The Labute approximate surface area is 211 Å². The second-order valence-corrected chi connectivity index (χ2v) is 10.2. The molecule has 190 valence electrons. The summed E-state index contributed by atoms with van der Waals surface area (Å²) in [5.41, 5.74) is 1.34. The second kappa shape index (κ2) is 11.1. The van der Waals surface area contributed by atoms with Crippen LogP contribution in [0.3, 0.4) is 0 Å². The Balaban J connectivity index is 1.42. The van der Waals surface area contributed by atoms with Crippen molar-refractivity contribution in [1.29, 1.82) is 0 Å². The molecule has 0 aliphatic rings. The average Bonchev–Trinajstić information content (AvgIpc) is 2.89. The number of sulfonamides is 1. The van der Waals surface area contributed by atoms with E-state index >= 15 is 0 Å². The molecule has 8 nitrogen and oxygen atoms in total. The summed E-state index contributed by atoms with van der Waals surface area (Å²) in [7, 11) is -0.406. The molecule has 4 aromatic rings. The molecule has 0 heterocycles. The first kappa shape index (κ1) is 25.7. The molecule has 4 rings (SSSR count). The van der Waals surface area contributed by atoms with Crippen molar-refractivity contribution in [1.82, 2.24) is 10.0 Å². The number of aliphatic hydroxyl groups excluding tert-OH is 1. The van der Waals surface area contributed by atoms with Crippen molar-refractivity contribution in [2.45, 2.75) is 24.1 Å². The monoisotopic (exact) mass is 508 g/mol. The molecule has 0 radical (unpaired) electrons. The van der Waals surface area contributed by atoms with Gasteiger partial charge in [0.15, 0.2) is 0 Å². The minimum Gasteiger partial charge on any atom is -0.490 e. The first-order chi connectivity index (χ1) is 17.3. The van der Waals surface area contributed by atoms with Gasteiger partial charge >= 0.3 is 0 Å². The van der Waals surface area contributed by atoms with Crippen LogP contribution >= 0.6 is 0 Å². The minimum atomic E-state index is -3.90. The molecule has 0 saturated carbocycles. The zero-order valence-corrected chi connectivity index (χ0v) is 21.4. The summed E-state index contributed by atoms with van der Waals surface area (Å²) in [6.07, 6.45) is -1.46. The highest BCUT2D eigenvalue weighted by Gasteiger charge is 2.24. The molecule has 9 heteroatoms. The number of nitrogens with one attached hydrogen (secondary N) is 4. The number of ether oxygens (including phenoxy) is 1. The summed E-state index contributed by atoms with van der Waals surface area (Å²) in [6.45, 7) is 1.91. The zero-order chi connectivity index (χ0) is 25.7. The van der Waals surface area contributed by atoms with Crippen molar-refractivity contribution in [3.8, 4) is 5.75 Å². The third kappa shape index (κ3) is 5.55. The van der Waals surface area contributed by atoms with Gasteiger partial charge in [0, 0.05) is 42.5 Å². The van der Waals surface area contributed by atoms with Crippen LogP contribution in [0.5, 0.6) is 5.75 Å². The smallest absolute Gasteiger partial charge is 0.244 e. The Morgan fingerprint density at radius 2 is 1.53 bits per heavy atom. The van der Waals surface area contributed by atoms with Crippen LogP contribution in [-0.2, 0) is 10.0 Å². The van der Waals surface area contributed by atoms with Gasteiger partial charge in [0.1, 0.15) is 23.4 Å². The molecule has 0 fully saturated rings. The van der Waals surface area contributed by atoms with Crippen LogP contribution in [0, 0.1) is 0 Å². The third-order valence-corrected chi connectivity index (χ3v) is 7.63. The fourth-order valence-electron chi connectivity index (χ4n) is 4.25. The summed E-state index contributed by atoms with van der Waals surface area (Å²) in [5.74, 6) is 0.692. The van der Waals surface area contributed by atoms with E-state index in [4.69, 9.17) is 4.74 Å². The van der Waals surface area contributed by atoms with E-state index in [9.17, 15) is 13.5 Å². The number of benzene rings is 4. The van der Waals surface area contributed by atoms with E-state index in [-0.39, 0.29) is 18.0 Å². The van der Waals surface area contributed by atoms with Crippen molar-refractivity contribution < 1.29 is 18.3 Å². The van der Waals surface area contributed by atoms with Crippen molar-refractivity contribution >= 4 is 42.9 Å². The van der Waals surface area contributed by atoms with Crippen LogP contribution in [0.1, 0.15) is 6.92 Å². The number of anilines is 2. The Kier molecular flexibility index (Phi) is 7.95. The van der Waals surface area contributed by atoms with Crippen LogP contribution < -0.4 is 25.4 Å². The summed E-state index contributed by atoms with van der Waals surface area (Å²) >= 11 is 0. The molecular formula is C27H32N4O4S. The number of hydrogen-bond donors (Lipinski definition) is 5. The topological polar surface area (TPSA) is 112 Å². The molecule has 0 amide bonds. The van der Waals surface area contributed by atoms with Crippen molar-refractivity contribution in [2.24, 2.45) is 0 Å². The van der Waals surface area contributed by atoms with Gasteiger partial charge in [0.25, 0.3) is 0 Å². The summed E-state index contributed by atoms with van der Waals surface area (Å²) in [4.78, 5) is 0.174. The quantitative estimate of drug-likeness (QED) is 0.196. The Hall–Kier alpha value is -3.37. The van der Waals surface area contributed by atoms with Gasteiger partial charge in [0.2, 0.25) is 10.0 Å². The largest absolute Gasteiger partial charge is 0.490 e. The summed E-state index contributed by atoms with van der Waals surface area (Å²) < 4.78 is 35.4. The van der Waals surface area contributed by atoms with Crippen molar-refractivity contribution in [2.75, 3.05) is 37.9 Å². The van der Waals surface area contributed by atoms with Crippen LogP contribution in [0.25, 0.3) is 21.5 Å². The van der Waals surface area contributed by atoms with E-state index in [1.165, 1.54) is 0 Å². The van der Waals surface area contributed by atoms with Crippen molar-refractivity contribution in [3.63, 3.8) is 0 Å². The molecule has 0 spiro atoms. The Morgan fingerprint density at radius 1 is 0.833 bits per heavy atom. The molecule has 2 atom stereocenters. The molecule has 0 aromatic heterocycles. The highest BCUT2D eigenvalue weighted by atomic mass is 32.2. The van der Waals surface area contributed by atoms with Gasteiger partial charge in [-0.2, -0.15) is 4.72 Å².